The fraction of sp³-hybridized carbons (Fsp3) is 0.235. The van der Waals surface area contributed by atoms with Crippen LogP contribution >= 0.6 is 11.6 Å². The Bertz CT molecular complexity index is 813. The molecule has 0 saturated carbocycles. The van der Waals surface area contributed by atoms with Gasteiger partial charge in [-0.25, -0.2) is 26.9 Å². The third-order valence-corrected chi connectivity index (χ3v) is 3.80. The summed E-state index contributed by atoms with van der Waals surface area (Å²) in [4.78, 5) is 3.71. The fourth-order valence-electron chi connectivity index (χ4n) is 2.27. The third kappa shape index (κ3) is 3.82. The lowest BCUT2D eigenvalue weighted by atomic mass is 9.94. The number of alkyl halides is 2. The van der Waals surface area contributed by atoms with Gasteiger partial charge in [0.2, 0.25) is 0 Å². The van der Waals surface area contributed by atoms with E-state index in [-0.39, 0.29) is 16.3 Å². The predicted molar refractivity (Wildman–Crippen MR) is 84.9 cm³/mol. The van der Waals surface area contributed by atoms with E-state index in [2.05, 4.69) is 4.98 Å². The van der Waals surface area contributed by atoms with Gasteiger partial charge in [-0.15, -0.1) is 0 Å². The molecule has 0 unspecified atom stereocenters. The first-order chi connectivity index (χ1) is 11.6. The normalized spacial score (nSPS) is 12.8. The minimum atomic E-state index is -3.34. The second-order valence-corrected chi connectivity index (χ2v) is 6.12. The van der Waals surface area contributed by atoms with Crippen molar-refractivity contribution in [2.24, 2.45) is 0 Å². The van der Waals surface area contributed by atoms with Crippen molar-refractivity contribution in [3.05, 3.63) is 58.5 Å². The molecule has 2 nitrogen and oxygen atoms in total. The van der Waals surface area contributed by atoms with Crippen LogP contribution in [-0.2, 0) is 5.60 Å². The summed E-state index contributed by atoms with van der Waals surface area (Å²) in [5.74, 6) is -1.92. The van der Waals surface area contributed by atoms with Crippen molar-refractivity contribution in [3.63, 3.8) is 0 Å². The summed E-state index contributed by atoms with van der Waals surface area (Å²) in [6, 6.07) is 4.64. The Labute approximate surface area is 145 Å². The monoisotopic (exact) mass is 377 g/mol. The number of benzene rings is 1. The number of nitrogens with zero attached hydrogens (tertiary/aromatic N) is 1. The van der Waals surface area contributed by atoms with Crippen LogP contribution in [0.15, 0.2) is 30.6 Å². The van der Waals surface area contributed by atoms with Crippen molar-refractivity contribution >= 4 is 17.2 Å². The molecule has 8 heteroatoms. The van der Waals surface area contributed by atoms with E-state index in [1.165, 1.54) is 26.0 Å². The van der Waals surface area contributed by atoms with Gasteiger partial charge in [-0.1, -0.05) is 11.6 Å². The maximum absolute atomic E-state index is 14.7. The highest BCUT2D eigenvalue weighted by atomic mass is 35.5. The van der Waals surface area contributed by atoms with Gasteiger partial charge in [0.25, 0.3) is 6.43 Å². The van der Waals surface area contributed by atoms with Gasteiger partial charge in [0.15, 0.2) is 5.82 Å². The van der Waals surface area contributed by atoms with Crippen LogP contribution in [0.4, 0.5) is 22.0 Å². The van der Waals surface area contributed by atoms with Gasteiger partial charge in [-0.2, -0.15) is 0 Å². The van der Waals surface area contributed by atoms with Crippen LogP contribution in [-0.4, -0.2) is 16.5 Å². The Hall–Kier alpha value is -1.99. The molecule has 0 aliphatic carbocycles. The number of halogens is 6. The fourth-order valence-corrected chi connectivity index (χ4v) is 2.74. The molecule has 1 aromatic carbocycles. The maximum Gasteiger partial charge on any atom is 0.268 e. The zero-order chi connectivity index (χ0) is 18.9. The van der Waals surface area contributed by atoms with E-state index in [4.69, 9.17) is 11.6 Å². The topological polar surface area (TPSA) is 33.1 Å². The summed E-state index contributed by atoms with van der Waals surface area (Å²) in [5.41, 5.74) is -4.64. The smallest absolute Gasteiger partial charge is 0.268 e. The van der Waals surface area contributed by atoms with Crippen molar-refractivity contribution in [2.75, 3.05) is 0 Å². The Balaban J connectivity index is 2.87. The number of aliphatic hydroxyl groups is 1. The first-order valence-electron chi connectivity index (χ1n) is 7.04. The maximum atomic E-state index is 14.7. The minimum Gasteiger partial charge on any atom is -0.386 e. The molecule has 1 heterocycles. The van der Waals surface area contributed by atoms with E-state index in [0.29, 0.717) is 0 Å². The molecule has 0 fully saturated rings. The first-order valence-corrected chi connectivity index (χ1v) is 7.42. The molecule has 0 atom stereocenters. The molecule has 134 valence electrons. The van der Waals surface area contributed by atoms with Gasteiger partial charge in [-0.3, -0.25) is 0 Å². The molecule has 0 amide bonds. The molecule has 0 aliphatic heterocycles. The van der Waals surface area contributed by atoms with Crippen LogP contribution in [0.1, 0.15) is 25.1 Å². The SMILES string of the molecule is CC(C)(O)c1c(F)c(C(=CF)C(F)F)nc(-c2ccc(F)cc2)c1Cl. The lowest BCUT2D eigenvalue weighted by Crippen LogP contribution is -2.21. The van der Waals surface area contributed by atoms with Crippen molar-refractivity contribution in [3.8, 4) is 11.3 Å². The molecule has 0 bridgehead atoms. The number of hydrogen-bond acceptors (Lipinski definition) is 2. The molecule has 25 heavy (non-hydrogen) atoms. The van der Waals surface area contributed by atoms with Gasteiger partial charge in [0.1, 0.15) is 11.5 Å². The standard InChI is InChI=1S/C17H13ClF5NO/c1-17(2,25)11-12(18)14(8-3-5-9(20)6-4-8)24-15(13(11)21)10(7-19)16(22)23/h3-7,16,25H,1-2H3. The van der Waals surface area contributed by atoms with E-state index in [1.54, 1.807) is 0 Å². The summed E-state index contributed by atoms with van der Waals surface area (Å²) in [6.07, 6.45) is -3.80. The lowest BCUT2D eigenvalue weighted by molar-refractivity contribution is 0.0744. The Kier molecular flexibility index (Phi) is 5.49. The summed E-state index contributed by atoms with van der Waals surface area (Å²) < 4.78 is 66.7. The highest BCUT2D eigenvalue weighted by Gasteiger charge is 2.32. The Morgan fingerprint density at radius 1 is 1.20 bits per heavy atom. The van der Waals surface area contributed by atoms with E-state index in [0.717, 1.165) is 12.1 Å². The van der Waals surface area contributed by atoms with E-state index >= 15 is 0 Å². The second kappa shape index (κ2) is 7.09. The number of rotatable bonds is 4. The molecule has 0 spiro atoms. The zero-order valence-corrected chi connectivity index (χ0v) is 13.9. The van der Waals surface area contributed by atoms with Gasteiger partial charge >= 0.3 is 0 Å². The van der Waals surface area contributed by atoms with Crippen LogP contribution in [0, 0.1) is 11.6 Å². The van der Waals surface area contributed by atoms with Crippen LogP contribution in [0.25, 0.3) is 16.8 Å². The molecule has 2 aromatic rings. The van der Waals surface area contributed by atoms with Gasteiger partial charge < -0.3 is 5.11 Å². The number of aromatic nitrogens is 1. The second-order valence-electron chi connectivity index (χ2n) is 5.74. The summed E-state index contributed by atoms with van der Waals surface area (Å²) in [7, 11) is 0. The average Bonchev–Trinajstić information content (AvgIpc) is 2.49. The molecular weight excluding hydrogens is 365 g/mol. The van der Waals surface area contributed by atoms with Crippen LogP contribution < -0.4 is 0 Å². The quantitative estimate of drug-likeness (QED) is 0.715. The van der Waals surface area contributed by atoms with E-state index < -0.39 is 46.8 Å². The highest BCUT2D eigenvalue weighted by molar-refractivity contribution is 6.34. The van der Waals surface area contributed by atoms with Crippen molar-refractivity contribution in [2.45, 2.75) is 25.9 Å². The van der Waals surface area contributed by atoms with Crippen molar-refractivity contribution in [1.29, 1.82) is 0 Å². The molecule has 0 saturated heterocycles. The number of pyridine rings is 1. The van der Waals surface area contributed by atoms with E-state index in [1.807, 2.05) is 0 Å². The molecule has 2 rings (SSSR count). The minimum absolute atomic E-state index is 0.185. The third-order valence-electron chi connectivity index (χ3n) is 3.43. The molecule has 1 aromatic heterocycles. The summed E-state index contributed by atoms with van der Waals surface area (Å²) in [5, 5.41) is 9.83. The van der Waals surface area contributed by atoms with E-state index in [9.17, 15) is 27.1 Å². The lowest BCUT2D eigenvalue weighted by Gasteiger charge is -2.23. The summed E-state index contributed by atoms with van der Waals surface area (Å²) >= 11 is 6.12. The zero-order valence-electron chi connectivity index (χ0n) is 13.1. The summed E-state index contributed by atoms with van der Waals surface area (Å²) in [6.45, 7) is 2.38. The van der Waals surface area contributed by atoms with Crippen molar-refractivity contribution < 1.29 is 27.1 Å². The van der Waals surface area contributed by atoms with Crippen molar-refractivity contribution in [1.82, 2.24) is 4.98 Å². The van der Waals surface area contributed by atoms with Gasteiger partial charge in [-0.05, 0) is 38.1 Å². The van der Waals surface area contributed by atoms with Crippen LogP contribution in [0.5, 0.6) is 0 Å². The first kappa shape index (κ1) is 19.3. The Morgan fingerprint density at radius 2 is 1.76 bits per heavy atom. The molecule has 0 aliphatic rings. The average molecular weight is 378 g/mol. The highest BCUT2D eigenvalue weighted by Crippen LogP contribution is 2.40. The van der Waals surface area contributed by atoms with Crippen LogP contribution in [0.3, 0.4) is 0 Å². The molecule has 0 radical (unpaired) electrons. The number of allylic oxidation sites excluding steroid dienone is 1. The molecule has 1 N–H and O–H groups in total. The van der Waals surface area contributed by atoms with Crippen LogP contribution in [0.2, 0.25) is 5.02 Å². The van der Waals surface area contributed by atoms with Gasteiger partial charge in [0.05, 0.1) is 28.2 Å². The number of hydrogen-bond donors (Lipinski definition) is 1. The Morgan fingerprint density at radius 3 is 2.20 bits per heavy atom. The predicted octanol–water partition coefficient (Wildman–Crippen LogP) is 5.48. The van der Waals surface area contributed by atoms with Gasteiger partial charge in [0, 0.05) is 11.1 Å². The largest absolute Gasteiger partial charge is 0.386 e. The molecular formula is C17H13ClF5NO.